The lowest BCUT2D eigenvalue weighted by atomic mass is 10.0. The van der Waals surface area contributed by atoms with Crippen molar-refractivity contribution in [2.75, 3.05) is 31.1 Å². The van der Waals surface area contributed by atoms with Crippen LogP contribution in [0.15, 0.2) is 78.9 Å². The molecule has 0 radical (unpaired) electrons. The Kier molecular flexibility index (Phi) is 5.58. The number of piperazine rings is 1. The third kappa shape index (κ3) is 4.80. The van der Waals surface area contributed by atoms with E-state index in [2.05, 4.69) is 41.3 Å². The monoisotopic (exact) mass is 397 g/mol. The number of hydrogen-bond donors (Lipinski definition) is 1. The van der Waals surface area contributed by atoms with Crippen molar-refractivity contribution in [3.05, 3.63) is 90.0 Å². The summed E-state index contributed by atoms with van der Waals surface area (Å²) >= 11 is 0. The summed E-state index contributed by atoms with van der Waals surface area (Å²) < 4.78 is 38.9. The van der Waals surface area contributed by atoms with E-state index in [9.17, 15) is 13.2 Å². The van der Waals surface area contributed by atoms with Crippen LogP contribution in [0.1, 0.15) is 11.1 Å². The fraction of sp³-hybridized carbons (Fsp3) is 0.250. The van der Waals surface area contributed by atoms with Gasteiger partial charge in [-0.05, 0) is 29.3 Å². The van der Waals surface area contributed by atoms with Gasteiger partial charge in [0.25, 0.3) is 0 Å². The maximum Gasteiger partial charge on any atom is 0.416 e. The van der Waals surface area contributed by atoms with Crippen LogP contribution in [-0.4, -0.2) is 26.2 Å². The van der Waals surface area contributed by atoms with Crippen molar-refractivity contribution in [2.45, 2.75) is 12.7 Å². The summed E-state index contributed by atoms with van der Waals surface area (Å²) in [5.74, 6) is 0. The zero-order valence-electron chi connectivity index (χ0n) is 16.1. The molecule has 0 bridgehead atoms. The van der Waals surface area contributed by atoms with Crippen molar-refractivity contribution in [1.29, 1.82) is 0 Å². The second kappa shape index (κ2) is 8.29. The fourth-order valence-corrected chi connectivity index (χ4v) is 3.87. The number of hydrogen-bond acceptors (Lipinski definition) is 1. The lowest BCUT2D eigenvalue weighted by Gasteiger charge is -2.34. The molecule has 29 heavy (non-hydrogen) atoms. The molecule has 0 aliphatic carbocycles. The molecule has 0 atom stereocenters. The van der Waals surface area contributed by atoms with E-state index in [0.717, 1.165) is 38.8 Å². The number of halogens is 3. The lowest BCUT2D eigenvalue weighted by molar-refractivity contribution is -0.914. The first-order valence-corrected chi connectivity index (χ1v) is 9.89. The van der Waals surface area contributed by atoms with Crippen LogP contribution in [0.2, 0.25) is 0 Å². The van der Waals surface area contributed by atoms with Crippen LogP contribution >= 0.6 is 0 Å². The maximum absolute atomic E-state index is 13.0. The summed E-state index contributed by atoms with van der Waals surface area (Å²) in [5.41, 5.74) is 3.78. The van der Waals surface area contributed by atoms with Crippen LogP contribution in [0.5, 0.6) is 0 Å². The second-order valence-corrected chi connectivity index (χ2v) is 7.52. The normalized spacial score (nSPS) is 15.5. The molecule has 4 rings (SSSR count). The summed E-state index contributed by atoms with van der Waals surface area (Å²) in [6, 6.07) is 24.6. The minimum atomic E-state index is -4.30. The summed E-state index contributed by atoms with van der Waals surface area (Å²) in [5, 5.41) is 0. The highest BCUT2D eigenvalue weighted by molar-refractivity contribution is 5.63. The number of rotatable bonds is 4. The summed E-state index contributed by atoms with van der Waals surface area (Å²) in [7, 11) is 0. The zero-order chi connectivity index (χ0) is 20.3. The van der Waals surface area contributed by atoms with E-state index in [1.165, 1.54) is 33.7 Å². The molecule has 0 aromatic heterocycles. The Balaban J connectivity index is 1.35. The molecule has 0 saturated carbocycles. The first kappa shape index (κ1) is 19.5. The number of anilines is 1. The van der Waals surface area contributed by atoms with Gasteiger partial charge in [0.2, 0.25) is 0 Å². The summed E-state index contributed by atoms with van der Waals surface area (Å²) in [6.07, 6.45) is -4.30. The van der Waals surface area contributed by atoms with E-state index in [1.807, 2.05) is 18.2 Å². The molecule has 3 aromatic carbocycles. The smallest absolute Gasteiger partial charge is 0.360 e. The van der Waals surface area contributed by atoms with E-state index >= 15 is 0 Å². The van der Waals surface area contributed by atoms with Gasteiger partial charge in [-0.25, -0.2) is 0 Å². The number of quaternary nitrogens is 1. The van der Waals surface area contributed by atoms with Crippen molar-refractivity contribution in [1.82, 2.24) is 0 Å². The highest BCUT2D eigenvalue weighted by atomic mass is 19.4. The third-order valence-electron chi connectivity index (χ3n) is 5.52. The van der Waals surface area contributed by atoms with Crippen molar-refractivity contribution in [3.63, 3.8) is 0 Å². The van der Waals surface area contributed by atoms with Crippen molar-refractivity contribution >= 4 is 5.69 Å². The van der Waals surface area contributed by atoms with Crippen LogP contribution in [0.4, 0.5) is 18.9 Å². The second-order valence-electron chi connectivity index (χ2n) is 7.52. The predicted octanol–water partition coefficient (Wildman–Crippen LogP) is 4.28. The lowest BCUT2D eigenvalue weighted by Crippen LogP contribution is -3.13. The Morgan fingerprint density at radius 2 is 1.41 bits per heavy atom. The Morgan fingerprint density at radius 3 is 2.07 bits per heavy atom. The van der Waals surface area contributed by atoms with Crippen molar-refractivity contribution < 1.29 is 18.1 Å². The Labute approximate surface area is 169 Å². The van der Waals surface area contributed by atoms with Gasteiger partial charge in [-0.1, -0.05) is 60.7 Å². The largest absolute Gasteiger partial charge is 0.416 e. The molecule has 1 aliphatic heterocycles. The molecule has 0 amide bonds. The van der Waals surface area contributed by atoms with Gasteiger partial charge in [-0.2, -0.15) is 13.2 Å². The summed E-state index contributed by atoms with van der Waals surface area (Å²) in [4.78, 5) is 3.51. The number of nitrogens with one attached hydrogen (secondary N) is 1. The highest BCUT2D eigenvalue weighted by Gasteiger charge is 2.31. The molecule has 1 N–H and O–H groups in total. The van der Waals surface area contributed by atoms with Gasteiger partial charge in [0.05, 0.1) is 31.7 Å². The SMILES string of the molecule is FC(F)(F)c1cccc(N2CC[NH+](Cc3ccc(-c4ccccc4)cc3)CC2)c1. The van der Waals surface area contributed by atoms with Crippen molar-refractivity contribution in [3.8, 4) is 11.1 Å². The van der Waals surface area contributed by atoms with E-state index in [0.29, 0.717) is 5.69 Å². The van der Waals surface area contributed by atoms with Gasteiger partial charge in [0.1, 0.15) is 6.54 Å². The molecule has 3 aromatic rings. The van der Waals surface area contributed by atoms with Crippen LogP contribution in [-0.2, 0) is 12.7 Å². The minimum absolute atomic E-state index is 0.580. The molecule has 1 fully saturated rings. The first-order chi connectivity index (χ1) is 14.0. The predicted molar refractivity (Wildman–Crippen MR) is 110 cm³/mol. The van der Waals surface area contributed by atoms with E-state index in [4.69, 9.17) is 0 Å². The minimum Gasteiger partial charge on any atom is -0.360 e. The fourth-order valence-electron chi connectivity index (χ4n) is 3.87. The maximum atomic E-state index is 13.0. The first-order valence-electron chi connectivity index (χ1n) is 9.89. The average molecular weight is 397 g/mol. The summed E-state index contributed by atoms with van der Waals surface area (Å²) in [6.45, 7) is 4.29. The Morgan fingerprint density at radius 1 is 0.759 bits per heavy atom. The van der Waals surface area contributed by atoms with Crippen LogP contribution in [0.25, 0.3) is 11.1 Å². The molecule has 0 spiro atoms. The zero-order valence-corrected chi connectivity index (χ0v) is 16.1. The Hall–Kier alpha value is -2.79. The van der Waals surface area contributed by atoms with E-state index in [1.54, 1.807) is 6.07 Å². The van der Waals surface area contributed by atoms with Gasteiger partial charge in [0.15, 0.2) is 0 Å². The Bertz CT molecular complexity index is 928. The van der Waals surface area contributed by atoms with Gasteiger partial charge >= 0.3 is 6.18 Å². The van der Waals surface area contributed by atoms with Crippen LogP contribution in [0, 0.1) is 0 Å². The van der Waals surface area contributed by atoms with Crippen LogP contribution < -0.4 is 9.80 Å². The molecule has 150 valence electrons. The van der Waals surface area contributed by atoms with Gasteiger partial charge < -0.3 is 9.80 Å². The van der Waals surface area contributed by atoms with Crippen molar-refractivity contribution in [2.24, 2.45) is 0 Å². The molecular weight excluding hydrogens is 373 g/mol. The van der Waals surface area contributed by atoms with E-state index < -0.39 is 11.7 Å². The highest BCUT2D eigenvalue weighted by Crippen LogP contribution is 2.31. The average Bonchev–Trinajstić information content (AvgIpc) is 2.75. The van der Waals surface area contributed by atoms with Gasteiger partial charge in [0, 0.05) is 11.3 Å². The quantitative estimate of drug-likeness (QED) is 0.691. The number of benzene rings is 3. The molecular formula is C24H24F3N2+. The van der Waals surface area contributed by atoms with Gasteiger partial charge in [-0.15, -0.1) is 0 Å². The molecule has 1 heterocycles. The number of nitrogens with zero attached hydrogens (tertiary/aromatic N) is 1. The molecule has 1 saturated heterocycles. The third-order valence-corrected chi connectivity index (χ3v) is 5.52. The van der Waals surface area contributed by atoms with Crippen LogP contribution in [0.3, 0.4) is 0 Å². The topological polar surface area (TPSA) is 7.68 Å². The molecule has 5 heteroatoms. The number of alkyl halides is 3. The van der Waals surface area contributed by atoms with Gasteiger partial charge in [-0.3, -0.25) is 0 Å². The molecule has 1 aliphatic rings. The molecule has 2 nitrogen and oxygen atoms in total. The van der Waals surface area contributed by atoms with E-state index in [-0.39, 0.29) is 0 Å². The molecule has 0 unspecified atom stereocenters. The standard InChI is InChI=1S/C24H23F3N2/c25-24(26,27)22-7-4-8-23(17-22)29-15-13-28(14-16-29)18-19-9-11-21(12-10-19)20-5-2-1-3-6-20/h1-12,17H,13-16,18H2/p+1.